The standard InChI is InChI=1S/C17H18N2OS/c1-2-4-15(16-5-3-10-21-16)19-17(20)13-6-7-14-12(11-13)8-9-18-14/h3,5-11,15,18H,2,4H2,1H3,(H,19,20). The quantitative estimate of drug-likeness (QED) is 0.715. The normalized spacial score (nSPS) is 12.4. The van der Waals surface area contributed by atoms with E-state index in [9.17, 15) is 4.79 Å². The summed E-state index contributed by atoms with van der Waals surface area (Å²) >= 11 is 1.69. The van der Waals surface area contributed by atoms with E-state index in [2.05, 4.69) is 28.7 Å². The van der Waals surface area contributed by atoms with Gasteiger partial charge in [0.15, 0.2) is 0 Å². The number of aromatic amines is 1. The molecule has 1 atom stereocenters. The van der Waals surface area contributed by atoms with E-state index in [0.717, 1.165) is 23.7 Å². The smallest absolute Gasteiger partial charge is 0.251 e. The fourth-order valence-corrected chi connectivity index (χ4v) is 3.31. The molecule has 3 aromatic rings. The third-order valence-corrected chi connectivity index (χ3v) is 4.57. The molecule has 3 rings (SSSR count). The molecule has 21 heavy (non-hydrogen) atoms. The number of aromatic nitrogens is 1. The minimum atomic E-state index is -0.00931. The summed E-state index contributed by atoms with van der Waals surface area (Å²) < 4.78 is 0. The Labute approximate surface area is 128 Å². The molecular weight excluding hydrogens is 280 g/mol. The molecule has 0 bridgehead atoms. The minimum Gasteiger partial charge on any atom is -0.361 e. The van der Waals surface area contributed by atoms with E-state index in [1.54, 1.807) is 11.3 Å². The summed E-state index contributed by atoms with van der Waals surface area (Å²) in [6, 6.07) is 11.9. The van der Waals surface area contributed by atoms with Gasteiger partial charge in [0.25, 0.3) is 5.91 Å². The van der Waals surface area contributed by atoms with Crippen LogP contribution in [0.25, 0.3) is 10.9 Å². The zero-order chi connectivity index (χ0) is 14.7. The van der Waals surface area contributed by atoms with Crippen LogP contribution in [0.4, 0.5) is 0 Å². The molecule has 0 fully saturated rings. The lowest BCUT2D eigenvalue weighted by atomic mass is 10.1. The fraction of sp³-hybridized carbons (Fsp3) is 0.235. The Balaban J connectivity index is 1.80. The molecule has 0 aliphatic carbocycles. The number of nitrogens with one attached hydrogen (secondary N) is 2. The summed E-state index contributed by atoms with van der Waals surface area (Å²) in [6.07, 6.45) is 3.89. The van der Waals surface area contributed by atoms with Gasteiger partial charge in [-0.1, -0.05) is 19.4 Å². The minimum absolute atomic E-state index is 0.00931. The lowest BCUT2D eigenvalue weighted by Gasteiger charge is -2.16. The largest absolute Gasteiger partial charge is 0.361 e. The maximum absolute atomic E-state index is 12.5. The molecule has 0 saturated heterocycles. The summed E-state index contributed by atoms with van der Waals surface area (Å²) in [5.74, 6) is -0.00931. The first-order valence-electron chi connectivity index (χ1n) is 7.19. The maximum Gasteiger partial charge on any atom is 0.251 e. The average Bonchev–Trinajstić information content (AvgIpc) is 3.17. The van der Waals surface area contributed by atoms with Gasteiger partial charge >= 0.3 is 0 Å². The van der Waals surface area contributed by atoms with Gasteiger partial charge in [-0.05, 0) is 42.1 Å². The van der Waals surface area contributed by atoms with E-state index < -0.39 is 0 Å². The average molecular weight is 298 g/mol. The molecule has 1 unspecified atom stereocenters. The van der Waals surface area contributed by atoms with Gasteiger partial charge in [-0.2, -0.15) is 0 Å². The van der Waals surface area contributed by atoms with Gasteiger partial charge in [-0.15, -0.1) is 11.3 Å². The number of carbonyl (C=O) groups excluding carboxylic acids is 1. The number of fused-ring (bicyclic) bond motifs is 1. The van der Waals surface area contributed by atoms with Crippen molar-refractivity contribution in [3.8, 4) is 0 Å². The lowest BCUT2D eigenvalue weighted by molar-refractivity contribution is 0.0935. The van der Waals surface area contributed by atoms with E-state index in [-0.39, 0.29) is 11.9 Å². The highest BCUT2D eigenvalue weighted by Crippen LogP contribution is 2.24. The van der Waals surface area contributed by atoms with Gasteiger partial charge in [0.05, 0.1) is 6.04 Å². The number of hydrogen-bond donors (Lipinski definition) is 2. The molecule has 2 N–H and O–H groups in total. The topological polar surface area (TPSA) is 44.9 Å². The highest BCUT2D eigenvalue weighted by molar-refractivity contribution is 7.10. The highest BCUT2D eigenvalue weighted by Gasteiger charge is 2.16. The Hall–Kier alpha value is -2.07. The van der Waals surface area contributed by atoms with Crippen molar-refractivity contribution >= 4 is 28.1 Å². The van der Waals surface area contributed by atoms with Crippen molar-refractivity contribution < 1.29 is 4.79 Å². The second-order valence-electron chi connectivity index (χ2n) is 5.11. The third kappa shape index (κ3) is 3.00. The maximum atomic E-state index is 12.5. The van der Waals surface area contributed by atoms with Crippen molar-refractivity contribution in [1.29, 1.82) is 0 Å². The van der Waals surface area contributed by atoms with Crippen LogP contribution in [-0.2, 0) is 0 Å². The van der Waals surface area contributed by atoms with Gasteiger partial charge in [0.2, 0.25) is 0 Å². The molecule has 108 valence electrons. The predicted molar refractivity (Wildman–Crippen MR) is 87.7 cm³/mol. The number of carbonyl (C=O) groups is 1. The van der Waals surface area contributed by atoms with Gasteiger partial charge in [0, 0.05) is 27.5 Å². The van der Waals surface area contributed by atoms with Crippen LogP contribution in [0.1, 0.15) is 41.0 Å². The number of hydrogen-bond acceptors (Lipinski definition) is 2. The van der Waals surface area contributed by atoms with Crippen molar-refractivity contribution in [2.24, 2.45) is 0 Å². The third-order valence-electron chi connectivity index (χ3n) is 3.58. The van der Waals surface area contributed by atoms with Crippen molar-refractivity contribution in [2.75, 3.05) is 0 Å². The molecule has 3 nitrogen and oxygen atoms in total. The molecule has 4 heteroatoms. The van der Waals surface area contributed by atoms with E-state index in [1.807, 2.05) is 36.5 Å². The van der Waals surface area contributed by atoms with Gasteiger partial charge in [-0.25, -0.2) is 0 Å². The van der Waals surface area contributed by atoms with Crippen LogP contribution >= 0.6 is 11.3 Å². The molecule has 0 radical (unpaired) electrons. The van der Waals surface area contributed by atoms with Crippen LogP contribution in [0, 0.1) is 0 Å². The van der Waals surface area contributed by atoms with Crippen LogP contribution in [-0.4, -0.2) is 10.9 Å². The van der Waals surface area contributed by atoms with Crippen molar-refractivity contribution in [2.45, 2.75) is 25.8 Å². The SMILES string of the molecule is CCCC(NC(=O)c1ccc2[nH]ccc2c1)c1cccs1. The molecule has 1 amide bonds. The highest BCUT2D eigenvalue weighted by atomic mass is 32.1. The lowest BCUT2D eigenvalue weighted by Crippen LogP contribution is -2.27. The van der Waals surface area contributed by atoms with Crippen molar-refractivity contribution in [3.05, 3.63) is 58.4 Å². The Kier molecular flexibility index (Phi) is 4.06. The first-order chi connectivity index (χ1) is 10.3. The number of thiophene rings is 1. The summed E-state index contributed by atoms with van der Waals surface area (Å²) in [4.78, 5) is 16.8. The first-order valence-corrected chi connectivity index (χ1v) is 8.07. The molecule has 1 aromatic carbocycles. The summed E-state index contributed by atoms with van der Waals surface area (Å²) in [6.45, 7) is 2.14. The number of H-pyrrole nitrogens is 1. The second kappa shape index (κ2) is 6.14. The Morgan fingerprint density at radius 1 is 1.33 bits per heavy atom. The number of amides is 1. The van der Waals surface area contributed by atoms with E-state index in [1.165, 1.54) is 4.88 Å². The van der Waals surface area contributed by atoms with Crippen LogP contribution in [0.3, 0.4) is 0 Å². The zero-order valence-corrected chi connectivity index (χ0v) is 12.7. The molecule has 0 saturated carbocycles. The first kappa shape index (κ1) is 13.9. The number of rotatable bonds is 5. The molecule has 2 aromatic heterocycles. The molecule has 0 aliphatic heterocycles. The Morgan fingerprint density at radius 2 is 2.24 bits per heavy atom. The molecule has 2 heterocycles. The summed E-state index contributed by atoms with van der Waals surface area (Å²) in [5.41, 5.74) is 1.76. The van der Waals surface area contributed by atoms with Crippen LogP contribution < -0.4 is 5.32 Å². The zero-order valence-electron chi connectivity index (χ0n) is 11.9. The van der Waals surface area contributed by atoms with Gasteiger partial charge in [0.1, 0.15) is 0 Å². The van der Waals surface area contributed by atoms with Crippen LogP contribution in [0.15, 0.2) is 48.0 Å². The van der Waals surface area contributed by atoms with E-state index in [4.69, 9.17) is 0 Å². The van der Waals surface area contributed by atoms with E-state index >= 15 is 0 Å². The number of benzene rings is 1. The summed E-state index contributed by atoms with van der Waals surface area (Å²) in [5, 5.41) is 6.27. The monoisotopic (exact) mass is 298 g/mol. The Bertz CT molecular complexity index is 730. The Morgan fingerprint density at radius 3 is 3.00 bits per heavy atom. The van der Waals surface area contributed by atoms with Crippen LogP contribution in [0.2, 0.25) is 0 Å². The summed E-state index contributed by atoms with van der Waals surface area (Å²) in [7, 11) is 0. The predicted octanol–water partition coefficient (Wildman–Crippen LogP) is 4.50. The van der Waals surface area contributed by atoms with Crippen molar-refractivity contribution in [1.82, 2.24) is 10.3 Å². The van der Waals surface area contributed by atoms with E-state index in [0.29, 0.717) is 5.56 Å². The van der Waals surface area contributed by atoms with Gasteiger partial charge < -0.3 is 10.3 Å². The van der Waals surface area contributed by atoms with Gasteiger partial charge in [-0.3, -0.25) is 4.79 Å². The molecular formula is C17H18N2OS. The fourth-order valence-electron chi connectivity index (χ4n) is 2.50. The molecule has 0 aliphatic rings. The second-order valence-corrected chi connectivity index (χ2v) is 6.09. The molecule has 0 spiro atoms. The van der Waals surface area contributed by atoms with Crippen LogP contribution in [0.5, 0.6) is 0 Å². The van der Waals surface area contributed by atoms with Crippen molar-refractivity contribution in [3.63, 3.8) is 0 Å².